The molecule has 0 saturated carbocycles. The first-order valence-corrected chi connectivity index (χ1v) is 5.42. The zero-order chi connectivity index (χ0) is 15.6. The van der Waals surface area contributed by atoms with Gasteiger partial charge in [0, 0.05) is 12.0 Å². The van der Waals surface area contributed by atoms with E-state index in [9.17, 15) is 27.5 Å². The van der Waals surface area contributed by atoms with Gasteiger partial charge in [0.05, 0.1) is 7.11 Å². The van der Waals surface area contributed by atoms with Gasteiger partial charge in [-0.05, 0) is 11.6 Å². The van der Waals surface area contributed by atoms with E-state index in [1.165, 1.54) is 12.1 Å². The summed E-state index contributed by atoms with van der Waals surface area (Å²) in [6.45, 7) is 3.36. The fraction of sp³-hybridized carbons (Fsp3) is 0.308. The molecule has 0 radical (unpaired) electrons. The van der Waals surface area contributed by atoms with Gasteiger partial charge >= 0.3 is 6.18 Å². The molecule has 0 fully saturated rings. The van der Waals surface area contributed by atoms with Crippen molar-refractivity contribution in [3.8, 4) is 5.75 Å². The van der Waals surface area contributed by atoms with Crippen molar-refractivity contribution in [1.29, 1.82) is 0 Å². The minimum atomic E-state index is -5.15. The van der Waals surface area contributed by atoms with Crippen LogP contribution in [0.25, 0.3) is 5.57 Å². The summed E-state index contributed by atoms with van der Waals surface area (Å²) in [4.78, 5) is 10.5. The minimum absolute atomic E-state index is 0.0444. The third kappa shape index (κ3) is 2.98. The average Bonchev–Trinajstić information content (AvgIpc) is 2.36. The van der Waals surface area contributed by atoms with Crippen LogP contribution in [-0.2, 0) is 4.79 Å². The molecule has 3 nitrogen and oxygen atoms in total. The maximum absolute atomic E-state index is 13.4. The number of alkyl halides is 3. The Labute approximate surface area is 112 Å². The molecule has 0 amide bonds. The highest BCUT2D eigenvalue weighted by molar-refractivity contribution is 5.75. The average molecular weight is 292 g/mol. The monoisotopic (exact) mass is 292 g/mol. The molecule has 0 heterocycles. The molecule has 110 valence electrons. The van der Waals surface area contributed by atoms with Crippen molar-refractivity contribution < 1.29 is 32.2 Å². The predicted octanol–water partition coefficient (Wildman–Crippen LogP) is 2.73. The van der Waals surface area contributed by atoms with Gasteiger partial charge in [0.25, 0.3) is 0 Å². The number of halogens is 4. The van der Waals surface area contributed by atoms with Crippen molar-refractivity contribution in [3.05, 3.63) is 36.2 Å². The third-order valence-electron chi connectivity index (χ3n) is 2.72. The zero-order valence-electron chi connectivity index (χ0n) is 10.5. The van der Waals surface area contributed by atoms with Crippen LogP contribution in [0.3, 0.4) is 0 Å². The summed E-state index contributed by atoms with van der Waals surface area (Å²) >= 11 is 0. The molecule has 1 atom stereocenters. The molecule has 1 N–H and O–H groups in total. The number of aliphatic hydroxyl groups is 1. The Balaban J connectivity index is 3.15. The van der Waals surface area contributed by atoms with E-state index in [1.54, 1.807) is 0 Å². The normalized spacial score (nSPS) is 14.5. The largest absolute Gasteiger partial charge is 0.493 e. The Morgan fingerprint density at radius 2 is 2.05 bits per heavy atom. The molecule has 0 saturated heterocycles. The number of aldehydes is 1. The number of hydrogen-bond acceptors (Lipinski definition) is 3. The second-order valence-corrected chi connectivity index (χ2v) is 4.14. The number of benzene rings is 1. The SMILES string of the molecule is C=C(CC(O)(C=O)C(F)(F)F)c1cccc(F)c1OC. The first kappa shape index (κ1) is 16.2. The lowest BCUT2D eigenvalue weighted by Gasteiger charge is -2.26. The van der Waals surface area contributed by atoms with E-state index in [-0.39, 0.29) is 16.9 Å². The molecular weight excluding hydrogens is 280 g/mol. The lowest BCUT2D eigenvalue weighted by Crippen LogP contribution is -2.46. The van der Waals surface area contributed by atoms with Gasteiger partial charge in [-0.3, -0.25) is 4.79 Å². The molecule has 1 rings (SSSR count). The van der Waals surface area contributed by atoms with E-state index in [2.05, 4.69) is 6.58 Å². The van der Waals surface area contributed by atoms with Crippen LogP contribution in [0.4, 0.5) is 17.6 Å². The fourth-order valence-corrected chi connectivity index (χ4v) is 1.62. The second kappa shape index (κ2) is 5.62. The van der Waals surface area contributed by atoms with Crippen molar-refractivity contribution in [2.24, 2.45) is 0 Å². The minimum Gasteiger partial charge on any atom is -0.493 e. The van der Waals surface area contributed by atoms with E-state index in [4.69, 9.17) is 4.74 Å². The van der Waals surface area contributed by atoms with E-state index in [1.807, 2.05) is 0 Å². The Kier molecular flexibility index (Phi) is 4.54. The van der Waals surface area contributed by atoms with E-state index in [0.29, 0.717) is 0 Å². The lowest BCUT2D eigenvalue weighted by molar-refractivity contribution is -0.242. The molecule has 20 heavy (non-hydrogen) atoms. The van der Waals surface area contributed by atoms with Crippen LogP contribution in [0.5, 0.6) is 5.75 Å². The van der Waals surface area contributed by atoms with Crippen LogP contribution in [0.1, 0.15) is 12.0 Å². The molecular formula is C13H12F4O3. The topological polar surface area (TPSA) is 46.5 Å². The molecule has 1 aromatic carbocycles. The number of methoxy groups -OCH3 is 1. The highest BCUT2D eigenvalue weighted by atomic mass is 19.4. The maximum Gasteiger partial charge on any atom is 0.424 e. The van der Waals surface area contributed by atoms with Gasteiger partial charge < -0.3 is 9.84 Å². The highest BCUT2D eigenvalue weighted by Gasteiger charge is 2.54. The molecule has 7 heteroatoms. The number of ether oxygens (including phenoxy) is 1. The van der Waals surface area contributed by atoms with E-state index >= 15 is 0 Å². The quantitative estimate of drug-likeness (QED) is 0.670. The summed E-state index contributed by atoms with van der Waals surface area (Å²) in [7, 11) is 1.14. The summed E-state index contributed by atoms with van der Waals surface area (Å²) in [5.41, 5.74) is -3.88. The number of rotatable bonds is 5. The number of hydrogen-bond donors (Lipinski definition) is 1. The number of para-hydroxylation sites is 1. The van der Waals surface area contributed by atoms with Gasteiger partial charge in [-0.2, -0.15) is 13.2 Å². The predicted molar refractivity (Wildman–Crippen MR) is 63.7 cm³/mol. The smallest absolute Gasteiger partial charge is 0.424 e. The summed E-state index contributed by atoms with van der Waals surface area (Å²) in [6, 6.07) is 3.60. The van der Waals surface area contributed by atoms with Crippen LogP contribution in [0, 0.1) is 5.82 Å². The standard InChI is InChI=1S/C13H12F4O3/c1-8(6-12(19,7-18)13(15,16)17)9-4-3-5-10(14)11(9)20-2/h3-5,7,19H,1,6H2,2H3. The Morgan fingerprint density at radius 1 is 1.45 bits per heavy atom. The second-order valence-electron chi connectivity index (χ2n) is 4.14. The summed E-state index contributed by atoms with van der Waals surface area (Å²) < 4.78 is 56.0. The van der Waals surface area contributed by atoms with Crippen LogP contribution in [0.2, 0.25) is 0 Å². The Bertz CT molecular complexity index is 525. The van der Waals surface area contributed by atoms with Crippen LogP contribution < -0.4 is 4.74 Å². The van der Waals surface area contributed by atoms with Crippen molar-refractivity contribution in [3.63, 3.8) is 0 Å². The Morgan fingerprint density at radius 3 is 2.50 bits per heavy atom. The van der Waals surface area contributed by atoms with Crippen molar-refractivity contribution >= 4 is 11.9 Å². The Hall–Kier alpha value is -1.89. The molecule has 0 aliphatic rings. The zero-order valence-corrected chi connectivity index (χ0v) is 10.5. The summed E-state index contributed by atoms with van der Waals surface area (Å²) in [6.07, 6.45) is -6.87. The van der Waals surface area contributed by atoms with Crippen molar-refractivity contribution in [2.75, 3.05) is 7.11 Å². The molecule has 1 aromatic rings. The van der Waals surface area contributed by atoms with Crippen molar-refractivity contribution in [2.45, 2.75) is 18.2 Å². The summed E-state index contributed by atoms with van der Waals surface area (Å²) in [5.74, 6) is -1.08. The summed E-state index contributed by atoms with van der Waals surface area (Å²) in [5, 5.41) is 9.33. The van der Waals surface area contributed by atoms with Crippen LogP contribution in [-0.4, -0.2) is 30.3 Å². The van der Waals surface area contributed by atoms with Crippen molar-refractivity contribution in [1.82, 2.24) is 0 Å². The number of carbonyl (C=O) groups is 1. The van der Waals surface area contributed by atoms with Gasteiger partial charge in [0.2, 0.25) is 5.60 Å². The van der Waals surface area contributed by atoms with Crippen LogP contribution >= 0.6 is 0 Å². The van der Waals surface area contributed by atoms with E-state index in [0.717, 1.165) is 13.2 Å². The molecule has 0 bridgehead atoms. The highest BCUT2D eigenvalue weighted by Crippen LogP contribution is 2.38. The molecule has 0 aliphatic heterocycles. The van der Waals surface area contributed by atoms with E-state index < -0.39 is 30.3 Å². The van der Waals surface area contributed by atoms with Gasteiger partial charge in [-0.1, -0.05) is 18.7 Å². The molecule has 0 aliphatic carbocycles. The molecule has 0 aromatic heterocycles. The lowest BCUT2D eigenvalue weighted by atomic mass is 9.91. The molecule has 1 unspecified atom stereocenters. The van der Waals surface area contributed by atoms with Crippen LogP contribution in [0.15, 0.2) is 24.8 Å². The molecule has 0 spiro atoms. The first-order chi connectivity index (χ1) is 9.16. The fourth-order valence-electron chi connectivity index (χ4n) is 1.62. The van der Waals surface area contributed by atoms with Gasteiger partial charge in [0.15, 0.2) is 17.9 Å². The first-order valence-electron chi connectivity index (χ1n) is 5.42. The number of carbonyl (C=O) groups excluding carboxylic acids is 1. The third-order valence-corrected chi connectivity index (χ3v) is 2.72. The van der Waals surface area contributed by atoms with Gasteiger partial charge in [-0.15, -0.1) is 0 Å². The maximum atomic E-state index is 13.4. The van der Waals surface area contributed by atoms with Gasteiger partial charge in [-0.25, -0.2) is 4.39 Å². The van der Waals surface area contributed by atoms with Gasteiger partial charge in [0.1, 0.15) is 0 Å².